The second kappa shape index (κ2) is 7.21. The van der Waals surface area contributed by atoms with Gasteiger partial charge in [0.2, 0.25) is 0 Å². The van der Waals surface area contributed by atoms with Crippen LogP contribution in [-0.4, -0.2) is 42.8 Å². The first-order chi connectivity index (χ1) is 9.62. The van der Waals surface area contributed by atoms with Gasteiger partial charge in [-0.2, -0.15) is 0 Å². The maximum atomic E-state index is 9.34. The molecule has 1 unspecified atom stereocenters. The standard InChI is InChI=1S/C17H28N2O/c1-17(2,14-20)13-18-12-16(19-10-6-7-11-19)15-8-4-3-5-9-15/h3-5,8-9,16,18,20H,6-7,10-14H2,1-2H3. The topological polar surface area (TPSA) is 35.5 Å². The van der Waals surface area contributed by atoms with Gasteiger partial charge < -0.3 is 10.4 Å². The Labute approximate surface area is 123 Å². The highest BCUT2D eigenvalue weighted by molar-refractivity contribution is 5.19. The molecule has 1 aliphatic rings. The first kappa shape index (κ1) is 15.5. The lowest BCUT2D eigenvalue weighted by Gasteiger charge is -2.30. The summed E-state index contributed by atoms with van der Waals surface area (Å²) in [5, 5.41) is 12.9. The van der Waals surface area contributed by atoms with Crippen LogP contribution in [0.5, 0.6) is 0 Å². The zero-order chi connectivity index (χ0) is 14.4. The Bertz CT molecular complexity index is 385. The minimum Gasteiger partial charge on any atom is -0.396 e. The molecule has 0 aliphatic carbocycles. The van der Waals surface area contributed by atoms with Gasteiger partial charge in [0, 0.05) is 31.2 Å². The molecule has 1 aromatic rings. The van der Waals surface area contributed by atoms with Gasteiger partial charge in [-0.15, -0.1) is 0 Å². The summed E-state index contributed by atoms with van der Waals surface area (Å²) in [6, 6.07) is 11.2. The van der Waals surface area contributed by atoms with Crippen molar-refractivity contribution >= 4 is 0 Å². The smallest absolute Gasteiger partial charge is 0.0494 e. The number of aliphatic hydroxyl groups excluding tert-OH is 1. The van der Waals surface area contributed by atoms with E-state index in [-0.39, 0.29) is 12.0 Å². The van der Waals surface area contributed by atoms with Crippen LogP contribution >= 0.6 is 0 Å². The summed E-state index contributed by atoms with van der Waals surface area (Å²) in [6.45, 7) is 8.60. The zero-order valence-electron chi connectivity index (χ0n) is 12.8. The van der Waals surface area contributed by atoms with Crippen LogP contribution in [0, 0.1) is 5.41 Å². The summed E-state index contributed by atoms with van der Waals surface area (Å²) in [5.74, 6) is 0. The Morgan fingerprint density at radius 1 is 1.20 bits per heavy atom. The molecular formula is C17H28N2O. The van der Waals surface area contributed by atoms with E-state index in [0.29, 0.717) is 6.04 Å². The van der Waals surface area contributed by atoms with Crippen LogP contribution in [-0.2, 0) is 0 Å². The monoisotopic (exact) mass is 276 g/mol. The molecule has 1 saturated heterocycles. The molecule has 2 N–H and O–H groups in total. The minimum atomic E-state index is -0.0494. The fraction of sp³-hybridized carbons (Fsp3) is 0.647. The van der Waals surface area contributed by atoms with Crippen LogP contribution in [0.4, 0.5) is 0 Å². The van der Waals surface area contributed by atoms with E-state index in [4.69, 9.17) is 0 Å². The molecule has 1 atom stereocenters. The molecule has 3 heteroatoms. The first-order valence-corrected chi connectivity index (χ1v) is 7.73. The van der Waals surface area contributed by atoms with E-state index in [1.54, 1.807) is 0 Å². The Hall–Kier alpha value is -0.900. The minimum absolute atomic E-state index is 0.0494. The maximum absolute atomic E-state index is 9.34. The Kier molecular flexibility index (Phi) is 5.58. The van der Waals surface area contributed by atoms with Crippen molar-refractivity contribution < 1.29 is 5.11 Å². The molecule has 0 amide bonds. The van der Waals surface area contributed by atoms with Crippen LogP contribution in [0.15, 0.2) is 30.3 Å². The normalized spacial score (nSPS) is 18.4. The third kappa shape index (κ3) is 4.30. The first-order valence-electron chi connectivity index (χ1n) is 7.73. The van der Waals surface area contributed by atoms with Crippen LogP contribution < -0.4 is 5.32 Å². The van der Waals surface area contributed by atoms with Gasteiger partial charge in [0.05, 0.1) is 0 Å². The van der Waals surface area contributed by atoms with E-state index in [1.807, 2.05) is 0 Å². The summed E-state index contributed by atoms with van der Waals surface area (Å²) in [4.78, 5) is 2.58. The fourth-order valence-corrected chi connectivity index (χ4v) is 2.79. The largest absolute Gasteiger partial charge is 0.396 e. The molecule has 112 valence electrons. The molecule has 1 aliphatic heterocycles. The second-order valence-corrected chi connectivity index (χ2v) is 6.62. The van der Waals surface area contributed by atoms with Gasteiger partial charge in [0.15, 0.2) is 0 Å². The summed E-state index contributed by atoms with van der Waals surface area (Å²) in [7, 11) is 0. The quantitative estimate of drug-likeness (QED) is 0.803. The molecule has 0 bridgehead atoms. The lowest BCUT2D eigenvalue weighted by molar-refractivity contribution is 0.151. The van der Waals surface area contributed by atoms with Gasteiger partial charge in [-0.3, -0.25) is 4.90 Å². The molecule has 3 nitrogen and oxygen atoms in total. The number of rotatable bonds is 7. The third-order valence-electron chi connectivity index (χ3n) is 4.14. The van der Waals surface area contributed by atoms with Crippen molar-refractivity contribution in [2.45, 2.75) is 32.7 Å². The van der Waals surface area contributed by atoms with Crippen molar-refractivity contribution in [3.8, 4) is 0 Å². The fourth-order valence-electron chi connectivity index (χ4n) is 2.79. The molecular weight excluding hydrogens is 248 g/mol. The van der Waals surface area contributed by atoms with E-state index in [1.165, 1.54) is 31.5 Å². The highest BCUT2D eigenvalue weighted by Crippen LogP contribution is 2.24. The van der Waals surface area contributed by atoms with Crippen molar-refractivity contribution in [3.63, 3.8) is 0 Å². The molecule has 0 radical (unpaired) electrons. The van der Waals surface area contributed by atoms with E-state index < -0.39 is 0 Å². The summed E-state index contributed by atoms with van der Waals surface area (Å²) in [6.07, 6.45) is 2.62. The Morgan fingerprint density at radius 2 is 1.85 bits per heavy atom. The van der Waals surface area contributed by atoms with Gasteiger partial charge in [0.1, 0.15) is 0 Å². The lowest BCUT2D eigenvalue weighted by atomic mass is 9.94. The SMILES string of the molecule is CC(C)(CO)CNCC(c1ccccc1)N1CCCC1. The van der Waals surface area contributed by atoms with Crippen molar-refractivity contribution in [2.75, 3.05) is 32.8 Å². The van der Waals surface area contributed by atoms with Gasteiger partial charge >= 0.3 is 0 Å². The molecule has 2 rings (SSSR count). The van der Waals surface area contributed by atoms with Gasteiger partial charge in [0.25, 0.3) is 0 Å². The highest BCUT2D eigenvalue weighted by atomic mass is 16.3. The predicted molar refractivity (Wildman–Crippen MR) is 83.7 cm³/mol. The average Bonchev–Trinajstić information content (AvgIpc) is 2.98. The number of aliphatic hydroxyl groups is 1. The van der Waals surface area contributed by atoms with Crippen LogP contribution in [0.3, 0.4) is 0 Å². The summed E-state index contributed by atoms with van der Waals surface area (Å²) >= 11 is 0. The number of hydrogen-bond donors (Lipinski definition) is 2. The molecule has 1 heterocycles. The zero-order valence-corrected chi connectivity index (χ0v) is 12.8. The van der Waals surface area contributed by atoms with Gasteiger partial charge in [-0.05, 0) is 31.5 Å². The molecule has 1 fully saturated rings. The van der Waals surface area contributed by atoms with Gasteiger partial charge in [-0.1, -0.05) is 44.2 Å². The van der Waals surface area contributed by atoms with E-state index >= 15 is 0 Å². The van der Waals surface area contributed by atoms with Crippen LogP contribution in [0.25, 0.3) is 0 Å². The Balaban J connectivity index is 1.97. The molecule has 0 aromatic heterocycles. The number of likely N-dealkylation sites (tertiary alicyclic amines) is 1. The predicted octanol–water partition coefficient (Wildman–Crippen LogP) is 2.43. The van der Waals surface area contributed by atoms with E-state index in [2.05, 4.69) is 54.4 Å². The number of benzene rings is 1. The Morgan fingerprint density at radius 3 is 2.45 bits per heavy atom. The average molecular weight is 276 g/mol. The summed E-state index contributed by atoms with van der Waals surface area (Å²) < 4.78 is 0. The van der Waals surface area contributed by atoms with E-state index in [9.17, 15) is 5.11 Å². The van der Waals surface area contributed by atoms with Crippen LogP contribution in [0.2, 0.25) is 0 Å². The highest BCUT2D eigenvalue weighted by Gasteiger charge is 2.24. The molecule has 1 aromatic carbocycles. The second-order valence-electron chi connectivity index (χ2n) is 6.62. The summed E-state index contributed by atoms with van der Waals surface area (Å²) in [5.41, 5.74) is 1.34. The van der Waals surface area contributed by atoms with Crippen molar-refractivity contribution in [2.24, 2.45) is 5.41 Å². The maximum Gasteiger partial charge on any atom is 0.0494 e. The van der Waals surface area contributed by atoms with Crippen LogP contribution in [0.1, 0.15) is 38.3 Å². The van der Waals surface area contributed by atoms with Gasteiger partial charge in [-0.25, -0.2) is 0 Å². The molecule has 20 heavy (non-hydrogen) atoms. The van der Waals surface area contributed by atoms with E-state index in [0.717, 1.165) is 13.1 Å². The van der Waals surface area contributed by atoms with Crippen molar-refractivity contribution in [3.05, 3.63) is 35.9 Å². The number of nitrogens with zero attached hydrogens (tertiary/aromatic N) is 1. The molecule has 0 saturated carbocycles. The lowest BCUT2D eigenvalue weighted by Crippen LogP contribution is -2.39. The van der Waals surface area contributed by atoms with Crippen molar-refractivity contribution in [1.82, 2.24) is 10.2 Å². The van der Waals surface area contributed by atoms with Crippen molar-refractivity contribution in [1.29, 1.82) is 0 Å². The number of nitrogens with one attached hydrogen (secondary N) is 1. The molecule has 0 spiro atoms. The third-order valence-corrected chi connectivity index (χ3v) is 4.14. The number of hydrogen-bond acceptors (Lipinski definition) is 3.